The Kier molecular flexibility index (Phi) is 4.42. The number of rotatable bonds is 5. The highest BCUT2D eigenvalue weighted by Crippen LogP contribution is 2.34. The van der Waals surface area contributed by atoms with Crippen LogP contribution < -0.4 is 15.6 Å². The van der Waals surface area contributed by atoms with Gasteiger partial charge >= 0.3 is 11.2 Å². The number of ether oxygens (including phenoxy) is 1. The molecule has 0 radical (unpaired) electrons. The van der Waals surface area contributed by atoms with Crippen molar-refractivity contribution < 1.29 is 14.1 Å². The van der Waals surface area contributed by atoms with E-state index in [0.717, 1.165) is 15.4 Å². The highest BCUT2D eigenvalue weighted by Gasteiger charge is 2.26. The van der Waals surface area contributed by atoms with E-state index in [1.54, 1.807) is 44.4 Å². The zero-order valence-electron chi connectivity index (χ0n) is 16.0. The van der Waals surface area contributed by atoms with Gasteiger partial charge in [-0.05, 0) is 44.2 Å². The third-order valence-electron chi connectivity index (χ3n) is 4.82. The second-order valence-electron chi connectivity index (χ2n) is 6.62. The predicted octanol–water partition coefficient (Wildman–Crippen LogP) is 3.84. The normalized spacial score (nSPS) is 12.2. The van der Waals surface area contributed by atoms with E-state index in [9.17, 15) is 14.9 Å². The molecule has 0 spiro atoms. The van der Waals surface area contributed by atoms with Gasteiger partial charge in [-0.1, -0.05) is 6.07 Å². The molecule has 0 saturated heterocycles. The van der Waals surface area contributed by atoms with Gasteiger partial charge in [-0.15, -0.1) is 0 Å². The number of hydrogen-bond donors (Lipinski definition) is 1. The number of aromatic nitrogens is 2. The quantitative estimate of drug-likeness (QED) is 0.404. The van der Waals surface area contributed by atoms with Crippen molar-refractivity contribution in [3.05, 3.63) is 74.4 Å². The minimum absolute atomic E-state index is 0.101. The molecule has 1 N–H and O–H groups in total. The standard InChI is InChI=1S/C20H18N4O5/c1-11-14-10-13(28-3)7-8-15(14)29-18(11)12(2)21-19-17(24(26)27)20(25)23-9-5-4-6-16(23)22-19/h4-10,12,21H,1-3H3. The summed E-state index contributed by atoms with van der Waals surface area (Å²) in [5.74, 6) is 1.20. The van der Waals surface area contributed by atoms with E-state index in [-0.39, 0.29) is 5.82 Å². The Morgan fingerprint density at radius 2 is 2.10 bits per heavy atom. The molecule has 0 fully saturated rings. The minimum Gasteiger partial charge on any atom is -0.497 e. The largest absolute Gasteiger partial charge is 0.497 e. The van der Waals surface area contributed by atoms with E-state index in [0.29, 0.717) is 22.7 Å². The Morgan fingerprint density at radius 3 is 2.83 bits per heavy atom. The van der Waals surface area contributed by atoms with Crippen LogP contribution in [-0.4, -0.2) is 21.4 Å². The number of nitro groups is 1. The molecule has 0 bridgehead atoms. The summed E-state index contributed by atoms with van der Waals surface area (Å²) in [6.45, 7) is 3.69. The molecular formula is C20H18N4O5. The average molecular weight is 394 g/mol. The smallest absolute Gasteiger partial charge is 0.376 e. The first-order chi connectivity index (χ1) is 13.9. The summed E-state index contributed by atoms with van der Waals surface area (Å²) >= 11 is 0. The van der Waals surface area contributed by atoms with Crippen molar-refractivity contribution >= 4 is 28.1 Å². The van der Waals surface area contributed by atoms with E-state index in [4.69, 9.17) is 9.15 Å². The van der Waals surface area contributed by atoms with E-state index in [2.05, 4.69) is 10.3 Å². The number of benzene rings is 1. The number of nitrogens with one attached hydrogen (secondary N) is 1. The van der Waals surface area contributed by atoms with Crippen molar-refractivity contribution in [3.8, 4) is 5.75 Å². The molecule has 9 heteroatoms. The molecule has 0 saturated carbocycles. The first kappa shape index (κ1) is 18.5. The predicted molar refractivity (Wildman–Crippen MR) is 108 cm³/mol. The van der Waals surface area contributed by atoms with E-state index < -0.39 is 22.2 Å². The fourth-order valence-corrected chi connectivity index (χ4v) is 3.37. The van der Waals surface area contributed by atoms with Crippen LogP contribution >= 0.6 is 0 Å². The molecule has 9 nitrogen and oxygen atoms in total. The summed E-state index contributed by atoms with van der Waals surface area (Å²) < 4.78 is 12.4. The molecule has 4 rings (SSSR count). The van der Waals surface area contributed by atoms with E-state index in [1.165, 1.54) is 6.20 Å². The number of furan rings is 1. The molecule has 4 aromatic rings. The number of fused-ring (bicyclic) bond motifs is 2. The molecule has 29 heavy (non-hydrogen) atoms. The summed E-state index contributed by atoms with van der Waals surface area (Å²) in [4.78, 5) is 27.7. The molecule has 0 amide bonds. The number of nitrogens with zero attached hydrogens (tertiary/aromatic N) is 3. The van der Waals surface area contributed by atoms with Crippen LogP contribution in [0, 0.1) is 17.0 Å². The van der Waals surface area contributed by atoms with E-state index in [1.807, 2.05) is 13.0 Å². The fourth-order valence-electron chi connectivity index (χ4n) is 3.37. The molecule has 0 aliphatic carbocycles. The lowest BCUT2D eigenvalue weighted by atomic mass is 10.1. The van der Waals surface area contributed by atoms with Crippen LogP contribution in [0.3, 0.4) is 0 Å². The van der Waals surface area contributed by atoms with E-state index >= 15 is 0 Å². The van der Waals surface area contributed by atoms with Crippen molar-refractivity contribution in [2.45, 2.75) is 19.9 Å². The summed E-state index contributed by atoms with van der Waals surface area (Å²) in [5, 5.41) is 15.4. The number of aryl methyl sites for hydroxylation is 1. The second-order valence-corrected chi connectivity index (χ2v) is 6.62. The highest BCUT2D eigenvalue weighted by molar-refractivity contribution is 5.83. The summed E-state index contributed by atoms with van der Waals surface area (Å²) in [7, 11) is 1.59. The van der Waals surface area contributed by atoms with Gasteiger partial charge in [-0.2, -0.15) is 0 Å². The van der Waals surface area contributed by atoms with Crippen LogP contribution in [0.4, 0.5) is 11.5 Å². The van der Waals surface area contributed by atoms with Crippen LogP contribution in [0.25, 0.3) is 16.6 Å². The van der Waals surface area contributed by atoms with Crippen LogP contribution in [0.5, 0.6) is 5.75 Å². The van der Waals surface area contributed by atoms with Crippen molar-refractivity contribution in [1.82, 2.24) is 9.38 Å². The molecule has 3 aromatic heterocycles. The molecule has 0 aliphatic heterocycles. The lowest BCUT2D eigenvalue weighted by molar-refractivity contribution is -0.385. The summed E-state index contributed by atoms with van der Waals surface area (Å²) in [6, 6.07) is 9.93. The van der Waals surface area contributed by atoms with Gasteiger partial charge in [-0.3, -0.25) is 19.3 Å². The third-order valence-corrected chi connectivity index (χ3v) is 4.82. The molecule has 0 aliphatic rings. The van der Waals surface area contributed by atoms with Gasteiger partial charge in [0.25, 0.3) is 0 Å². The summed E-state index contributed by atoms with van der Waals surface area (Å²) in [6.07, 6.45) is 1.45. The number of hydrogen-bond acceptors (Lipinski definition) is 7. The summed E-state index contributed by atoms with van der Waals surface area (Å²) in [5.41, 5.74) is 0.494. The van der Waals surface area contributed by atoms with Gasteiger partial charge in [-0.25, -0.2) is 4.98 Å². The zero-order chi connectivity index (χ0) is 20.7. The molecule has 1 aromatic carbocycles. The lowest BCUT2D eigenvalue weighted by Gasteiger charge is -2.14. The second kappa shape index (κ2) is 6.93. The topological polar surface area (TPSA) is 112 Å². The SMILES string of the molecule is COc1ccc2oc(C(C)Nc3nc4ccccn4c(=O)c3[N+](=O)[O-])c(C)c2c1. The first-order valence-electron chi connectivity index (χ1n) is 8.90. The lowest BCUT2D eigenvalue weighted by Crippen LogP contribution is -2.22. The number of anilines is 1. The van der Waals surface area contributed by atoms with Crippen molar-refractivity contribution in [2.75, 3.05) is 12.4 Å². The Hall–Kier alpha value is -3.88. The Bertz CT molecular complexity index is 1310. The maximum atomic E-state index is 12.6. The first-order valence-corrected chi connectivity index (χ1v) is 8.90. The van der Waals surface area contributed by atoms with Crippen molar-refractivity contribution in [1.29, 1.82) is 0 Å². The zero-order valence-corrected chi connectivity index (χ0v) is 16.0. The minimum atomic E-state index is -0.749. The Balaban J connectivity index is 1.80. The van der Waals surface area contributed by atoms with Crippen molar-refractivity contribution in [3.63, 3.8) is 0 Å². The number of methoxy groups -OCH3 is 1. The maximum absolute atomic E-state index is 12.6. The number of pyridine rings is 1. The molecule has 1 unspecified atom stereocenters. The van der Waals surface area contributed by atoms with Gasteiger partial charge in [0.1, 0.15) is 22.7 Å². The highest BCUT2D eigenvalue weighted by atomic mass is 16.6. The van der Waals surface area contributed by atoms with Crippen molar-refractivity contribution in [2.24, 2.45) is 0 Å². The average Bonchev–Trinajstić information content (AvgIpc) is 3.04. The fraction of sp³-hybridized carbons (Fsp3) is 0.200. The third kappa shape index (κ3) is 3.06. The molecule has 1 atom stereocenters. The molecule has 3 heterocycles. The molecular weight excluding hydrogens is 376 g/mol. The molecule has 148 valence electrons. The van der Waals surface area contributed by atoms with Crippen LogP contribution in [0.2, 0.25) is 0 Å². The van der Waals surface area contributed by atoms with Gasteiger partial charge in [0, 0.05) is 17.1 Å². The van der Waals surface area contributed by atoms with Gasteiger partial charge < -0.3 is 14.5 Å². The maximum Gasteiger partial charge on any atom is 0.376 e. The Morgan fingerprint density at radius 1 is 1.31 bits per heavy atom. The Labute approximate surface area is 164 Å². The van der Waals surface area contributed by atoms with Crippen LogP contribution in [0.1, 0.15) is 24.3 Å². The van der Waals surface area contributed by atoms with Gasteiger partial charge in [0.15, 0.2) is 0 Å². The van der Waals surface area contributed by atoms with Gasteiger partial charge in [0.05, 0.1) is 18.1 Å². The van der Waals surface area contributed by atoms with Crippen LogP contribution in [-0.2, 0) is 0 Å². The van der Waals surface area contributed by atoms with Gasteiger partial charge in [0.2, 0.25) is 5.82 Å². The van der Waals surface area contributed by atoms with Crippen LogP contribution in [0.15, 0.2) is 51.8 Å². The monoisotopic (exact) mass is 394 g/mol.